The standard InChI is InChI=1S/C14H17NO2/c1-3-9-15-11(4-2)14-10-16-12-7-5-6-8-13(12)17-14/h2,5-8,11,14-15H,3,9-10H2,1H3. The first-order valence-corrected chi connectivity index (χ1v) is 5.93. The van der Waals surface area contributed by atoms with Gasteiger partial charge in [0.15, 0.2) is 17.6 Å². The topological polar surface area (TPSA) is 30.5 Å². The van der Waals surface area contributed by atoms with Crippen molar-refractivity contribution in [2.24, 2.45) is 0 Å². The Bertz CT molecular complexity index is 411. The van der Waals surface area contributed by atoms with E-state index in [1.165, 1.54) is 0 Å². The van der Waals surface area contributed by atoms with Crippen LogP contribution in [0.5, 0.6) is 11.5 Å². The van der Waals surface area contributed by atoms with E-state index in [0.717, 1.165) is 24.5 Å². The summed E-state index contributed by atoms with van der Waals surface area (Å²) in [4.78, 5) is 0. The third-order valence-corrected chi connectivity index (χ3v) is 2.70. The van der Waals surface area contributed by atoms with Crippen molar-refractivity contribution in [3.63, 3.8) is 0 Å². The molecular weight excluding hydrogens is 214 g/mol. The molecule has 0 amide bonds. The summed E-state index contributed by atoms with van der Waals surface area (Å²) < 4.78 is 11.5. The fourth-order valence-electron chi connectivity index (χ4n) is 1.80. The van der Waals surface area contributed by atoms with Crippen LogP contribution in [0, 0.1) is 12.3 Å². The van der Waals surface area contributed by atoms with E-state index >= 15 is 0 Å². The molecule has 17 heavy (non-hydrogen) atoms. The Morgan fingerprint density at radius 2 is 2.24 bits per heavy atom. The van der Waals surface area contributed by atoms with E-state index in [-0.39, 0.29) is 12.1 Å². The lowest BCUT2D eigenvalue weighted by Gasteiger charge is -2.30. The van der Waals surface area contributed by atoms with Crippen molar-refractivity contribution in [2.75, 3.05) is 13.2 Å². The van der Waals surface area contributed by atoms with Crippen LogP contribution in [-0.4, -0.2) is 25.3 Å². The second-order valence-corrected chi connectivity index (χ2v) is 4.01. The van der Waals surface area contributed by atoms with Crippen molar-refractivity contribution in [1.29, 1.82) is 0 Å². The lowest BCUT2D eigenvalue weighted by atomic mass is 10.1. The minimum absolute atomic E-state index is 0.108. The van der Waals surface area contributed by atoms with Gasteiger partial charge in [-0.1, -0.05) is 25.0 Å². The molecule has 0 fully saturated rings. The van der Waals surface area contributed by atoms with Crippen LogP contribution < -0.4 is 14.8 Å². The molecule has 1 aromatic rings. The van der Waals surface area contributed by atoms with Crippen LogP contribution in [0.3, 0.4) is 0 Å². The van der Waals surface area contributed by atoms with Gasteiger partial charge in [0.2, 0.25) is 0 Å². The minimum Gasteiger partial charge on any atom is -0.486 e. The molecule has 1 aromatic carbocycles. The summed E-state index contributed by atoms with van der Waals surface area (Å²) >= 11 is 0. The first-order chi connectivity index (χ1) is 8.35. The molecule has 0 radical (unpaired) electrons. The van der Waals surface area contributed by atoms with Crippen LogP contribution in [0.2, 0.25) is 0 Å². The van der Waals surface area contributed by atoms with Gasteiger partial charge in [-0.05, 0) is 25.1 Å². The average molecular weight is 231 g/mol. The fraction of sp³-hybridized carbons (Fsp3) is 0.429. The molecule has 0 spiro atoms. The first kappa shape index (κ1) is 11.8. The highest BCUT2D eigenvalue weighted by Gasteiger charge is 2.27. The Labute approximate surface area is 102 Å². The molecule has 0 bridgehead atoms. The lowest BCUT2D eigenvalue weighted by Crippen LogP contribution is -2.47. The summed E-state index contributed by atoms with van der Waals surface area (Å²) in [5.41, 5.74) is 0. The third-order valence-electron chi connectivity index (χ3n) is 2.70. The summed E-state index contributed by atoms with van der Waals surface area (Å²) in [6.07, 6.45) is 6.44. The first-order valence-electron chi connectivity index (χ1n) is 5.93. The molecule has 2 atom stereocenters. The Morgan fingerprint density at radius 3 is 2.94 bits per heavy atom. The van der Waals surface area contributed by atoms with Crippen molar-refractivity contribution in [1.82, 2.24) is 5.32 Å². The average Bonchev–Trinajstić information content (AvgIpc) is 2.39. The summed E-state index contributed by atoms with van der Waals surface area (Å²) in [7, 11) is 0. The number of hydrogen-bond acceptors (Lipinski definition) is 3. The van der Waals surface area contributed by atoms with Gasteiger partial charge in [0, 0.05) is 0 Å². The van der Waals surface area contributed by atoms with Gasteiger partial charge < -0.3 is 14.8 Å². The van der Waals surface area contributed by atoms with Crippen molar-refractivity contribution >= 4 is 0 Å². The fourth-order valence-corrected chi connectivity index (χ4v) is 1.80. The number of fused-ring (bicyclic) bond motifs is 1. The number of hydrogen-bond donors (Lipinski definition) is 1. The maximum Gasteiger partial charge on any atom is 0.161 e. The molecule has 1 aliphatic heterocycles. The van der Waals surface area contributed by atoms with Crippen LogP contribution in [0.1, 0.15) is 13.3 Å². The number of terminal acetylenes is 1. The minimum atomic E-state index is -0.124. The van der Waals surface area contributed by atoms with E-state index in [9.17, 15) is 0 Å². The normalized spacial score (nSPS) is 19.4. The van der Waals surface area contributed by atoms with Crippen LogP contribution in [0.25, 0.3) is 0 Å². The summed E-state index contributed by atoms with van der Waals surface area (Å²) in [5, 5.41) is 3.28. The van der Waals surface area contributed by atoms with Gasteiger partial charge in [-0.15, -0.1) is 6.42 Å². The number of ether oxygens (including phenoxy) is 2. The molecule has 3 nitrogen and oxygen atoms in total. The Morgan fingerprint density at radius 1 is 1.47 bits per heavy atom. The van der Waals surface area contributed by atoms with Crippen LogP contribution >= 0.6 is 0 Å². The van der Waals surface area contributed by atoms with E-state index < -0.39 is 0 Å². The molecule has 0 aliphatic carbocycles. The van der Waals surface area contributed by atoms with Gasteiger partial charge in [-0.25, -0.2) is 0 Å². The predicted molar refractivity (Wildman–Crippen MR) is 67.3 cm³/mol. The summed E-state index contributed by atoms with van der Waals surface area (Å²) in [5.74, 6) is 4.27. The maximum absolute atomic E-state index is 5.85. The SMILES string of the molecule is C#CC(NCCC)C1COc2ccccc2O1. The molecule has 1 aliphatic rings. The van der Waals surface area contributed by atoms with Crippen LogP contribution in [0.15, 0.2) is 24.3 Å². The largest absolute Gasteiger partial charge is 0.486 e. The quantitative estimate of drug-likeness (QED) is 0.802. The zero-order chi connectivity index (χ0) is 12.1. The van der Waals surface area contributed by atoms with Crippen molar-refractivity contribution < 1.29 is 9.47 Å². The number of benzene rings is 1. The zero-order valence-electron chi connectivity index (χ0n) is 9.98. The number of nitrogens with one attached hydrogen (secondary N) is 1. The Kier molecular flexibility index (Phi) is 3.89. The number of rotatable bonds is 4. The van der Waals surface area contributed by atoms with E-state index in [1.54, 1.807) is 0 Å². The monoisotopic (exact) mass is 231 g/mol. The molecule has 2 rings (SSSR count). The number of para-hydroxylation sites is 2. The third kappa shape index (κ3) is 2.72. The molecule has 3 heteroatoms. The molecule has 0 saturated carbocycles. The molecule has 1 N–H and O–H groups in total. The highest BCUT2D eigenvalue weighted by atomic mass is 16.6. The van der Waals surface area contributed by atoms with Gasteiger partial charge >= 0.3 is 0 Å². The van der Waals surface area contributed by atoms with E-state index in [4.69, 9.17) is 15.9 Å². The van der Waals surface area contributed by atoms with Crippen molar-refractivity contribution in [3.8, 4) is 23.8 Å². The highest BCUT2D eigenvalue weighted by Crippen LogP contribution is 2.31. The molecule has 90 valence electrons. The smallest absolute Gasteiger partial charge is 0.161 e. The van der Waals surface area contributed by atoms with Gasteiger partial charge in [0.05, 0.1) is 0 Å². The van der Waals surface area contributed by atoms with E-state index in [0.29, 0.717) is 6.61 Å². The highest BCUT2D eigenvalue weighted by molar-refractivity contribution is 5.41. The second kappa shape index (κ2) is 5.60. The van der Waals surface area contributed by atoms with Gasteiger partial charge in [0.25, 0.3) is 0 Å². The predicted octanol–water partition coefficient (Wildman–Crippen LogP) is 1.83. The van der Waals surface area contributed by atoms with Gasteiger partial charge in [-0.3, -0.25) is 0 Å². The van der Waals surface area contributed by atoms with E-state index in [1.807, 2.05) is 24.3 Å². The lowest BCUT2D eigenvalue weighted by molar-refractivity contribution is 0.0759. The Balaban J connectivity index is 2.03. The maximum atomic E-state index is 5.85. The van der Waals surface area contributed by atoms with Gasteiger partial charge in [0.1, 0.15) is 12.6 Å². The Hall–Kier alpha value is -1.66. The summed E-state index contributed by atoms with van der Waals surface area (Å²) in [6.45, 7) is 3.48. The molecule has 1 heterocycles. The molecule has 0 aromatic heterocycles. The molecule has 2 unspecified atom stereocenters. The van der Waals surface area contributed by atoms with Crippen LogP contribution in [0.4, 0.5) is 0 Å². The zero-order valence-corrected chi connectivity index (χ0v) is 9.98. The molecular formula is C14H17NO2. The summed E-state index contributed by atoms with van der Waals surface area (Å²) in [6, 6.07) is 7.54. The van der Waals surface area contributed by atoms with Crippen LogP contribution in [-0.2, 0) is 0 Å². The van der Waals surface area contributed by atoms with E-state index in [2.05, 4.69) is 18.2 Å². The second-order valence-electron chi connectivity index (χ2n) is 4.01. The van der Waals surface area contributed by atoms with Crippen molar-refractivity contribution in [2.45, 2.75) is 25.5 Å². The van der Waals surface area contributed by atoms with Gasteiger partial charge in [-0.2, -0.15) is 0 Å². The van der Waals surface area contributed by atoms with Crippen molar-refractivity contribution in [3.05, 3.63) is 24.3 Å². The molecule has 0 saturated heterocycles.